The summed E-state index contributed by atoms with van der Waals surface area (Å²) in [5, 5.41) is 9.31. The van der Waals surface area contributed by atoms with Crippen LogP contribution in [0.2, 0.25) is 0 Å². The molecule has 0 aromatic heterocycles. The van der Waals surface area contributed by atoms with Gasteiger partial charge < -0.3 is 15.6 Å². The Morgan fingerprint density at radius 1 is 1.44 bits per heavy atom. The lowest BCUT2D eigenvalue weighted by atomic mass is 10.0. The molecule has 18 heavy (non-hydrogen) atoms. The standard InChI is InChI=1S/C14H19NO3/c1-2-18-14(17)13(15)9-8-12(10-16)11-6-4-3-5-7-11/h3-8,13,16H,2,9-10,15H2,1H3/b12-8+. The molecule has 0 fully saturated rings. The van der Waals surface area contributed by atoms with Gasteiger partial charge in [-0.25, -0.2) is 0 Å². The molecule has 0 radical (unpaired) electrons. The van der Waals surface area contributed by atoms with Gasteiger partial charge in [0.05, 0.1) is 13.2 Å². The average molecular weight is 249 g/mol. The second kappa shape index (κ2) is 7.63. The lowest BCUT2D eigenvalue weighted by molar-refractivity contribution is -0.144. The Morgan fingerprint density at radius 2 is 2.11 bits per heavy atom. The van der Waals surface area contributed by atoms with Crippen molar-refractivity contribution in [3.05, 3.63) is 42.0 Å². The molecule has 3 N–H and O–H groups in total. The van der Waals surface area contributed by atoms with Crippen molar-refractivity contribution >= 4 is 11.5 Å². The maximum absolute atomic E-state index is 11.3. The number of carbonyl (C=O) groups excluding carboxylic acids is 1. The van der Waals surface area contributed by atoms with Crippen molar-refractivity contribution in [2.75, 3.05) is 13.2 Å². The zero-order valence-corrected chi connectivity index (χ0v) is 10.5. The molecule has 0 heterocycles. The van der Waals surface area contributed by atoms with Crippen LogP contribution in [0, 0.1) is 0 Å². The number of rotatable bonds is 6. The summed E-state index contributed by atoms with van der Waals surface area (Å²) in [6, 6.07) is 8.81. The predicted octanol–water partition coefficient (Wildman–Crippen LogP) is 1.34. The van der Waals surface area contributed by atoms with E-state index in [1.54, 1.807) is 13.0 Å². The maximum atomic E-state index is 11.3. The van der Waals surface area contributed by atoms with Crippen LogP contribution in [0.5, 0.6) is 0 Å². The quantitative estimate of drug-likeness (QED) is 0.746. The van der Waals surface area contributed by atoms with E-state index in [-0.39, 0.29) is 6.61 Å². The Morgan fingerprint density at radius 3 is 2.67 bits per heavy atom. The molecule has 1 aromatic rings. The molecule has 1 aromatic carbocycles. The Bertz CT molecular complexity index is 401. The van der Waals surface area contributed by atoms with Gasteiger partial charge in [-0.15, -0.1) is 0 Å². The smallest absolute Gasteiger partial charge is 0.323 e. The van der Waals surface area contributed by atoms with Crippen LogP contribution >= 0.6 is 0 Å². The van der Waals surface area contributed by atoms with Gasteiger partial charge in [0.2, 0.25) is 0 Å². The first-order valence-corrected chi connectivity index (χ1v) is 5.96. The van der Waals surface area contributed by atoms with Crippen LogP contribution in [0.3, 0.4) is 0 Å². The molecule has 0 spiro atoms. The minimum Gasteiger partial charge on any atom is -0.465 e. The number of esters is 1. The minimum absolute atomic E-state index is 0.0838. The van der Waals surface area contributed by atoms with Crippen molar-refractivity contribution in [1.82, 2.24) is 0 Å². The van der Waals surface area contributed by atoms with Crippen LogP contribution < -0.4 is 5.73 Å². The van der Waals surface area contributed by atoms with Crippen LogP contribution in [0.15, 0.2) is 36.4 Å². The Hall–Kier alpha value is -1.65. The number of aliphatic hydroxyl groups is 1. The van der Waals surface area contributed by atoms with Crippen molar-refractivity contribution in [2.45, 2.75) is 19.4 Å². The molecule has 0 bridgehead atoms. The average Bonchev–Trinajstić information content (AvgIpc) is 2.40. The second-order valence-corrected chi connectivity index (χ2v) is 3.85. The molecule has 0 amide bonds. The SMILES string of the molecule is CCOC(=O)C(N)C/C=C(\CO)c1ccccc1. The molecule has 1 unspecified atom stereocenters. The minimum atomic E-state index is -0.685. The van der Waals surface area contributed by atoms with Gasteiger partial charge >= 0.3 is 5.97 Å². The highest BCUT2D eigenvalue weighted by Gasteiger charge is 2.13. The Kier molecular flexibility index (Phi) is 6.11. The first-order valence-electron chi connectivity index (χ1n) is 5.96. The summed E-state index contributed by atoms with van der Waals surface area (Å²) < 4.78 is 4.82. The summed E-state index contributed by atoms with van der Waals surface area (Å²) in [6.45, 7) is 1.98. The fraction of sp³-hybridized carbons (Fsp3) is 0.357. The molecule has 0 aliphatic carbocycles. The van der Waals surface area contributed by atoms with Crippen LogP contribution in [-0.2, 0) is 9.53 Å². The lowest BCUT2D eigenvalue weighted by Crippen LogP contribution is -2.31. The molecule has 4 heteroatoms. The first-order chi connectivity index (χ1) is 8.69. The van der Waals surface area contributed by atoms with Crippen LogP contribution in [0.1, 0.15) is 18.9 Å². The van der Waals surface area contributed by atoms with E-state index in [0.29, 0.717) is 13.0 Å². The number of hydrogen-bond acceptors (Lipinski definition) is 4. The predicted molar refractivity (Wildman–Crippen MR) is 70.7 cm³/mol. The van der Waals surface area contributed by atoms with E-state index >= 15 is 0 Å². The molecule has 0 aliphatic rings. The van der Waals surface area contributed by atoms with Crippen LogP contribution in [0.25, 0.3) is 5.57 Å². The van der Waals surface area contributed by atoms with E-state index in [1.807, 2.05) is 30.3 Å². The molecular formula is C14H19NO3. The molecular weight excluding hydrogens is 230 g/mol. The van der Waals surface area contributed by atoms with Crippen molar-refractivity contribution in [2.24, 2.45) is 5.73 Å². The van der Waals surface area contributed by atoms with E-state index in [1.165, 1.54) is 0 Å². The zero-order valence-electron chi connectivity index (χ0n) is 10.5. The Labute approximate surface area is 107 Å². The summed E-state index contributed by atoms with van der Waals surface area (Å²) in [5.41, 5.74) is 7.37. The van der Waals surface area contributed by atoms with Crippen molar-refractivity contribution in [1.29, 1.82) is 0 Å². The maximum Gasteiger partial charge on any atom is 0.323 e. The van der Waals surface area contributed by atoms with Gasteiger partial charge in [-0.1, -0.05) is 36.4 Å². The highest BCUT2D eigenvalue weighted by atomic mass is 16.5. The third kappa shape index (κ3) is 4.31. The summed E-state index contributed by atoms with van der Waals surface area (Å²) >= 11 is 0. The van der Waals surface area contributed by atoms with Gasteiger partial charge in [0.1, 0.15) is 6.04 Å². The Balaban J connectivity index is 2.67. The topological polar surface area (TPSA) is 72.5 Å². The van der Waals surface area contributed by atoms with Gasteiger partial charge in [-0.3, -0.25) is 4.79 Å². The van der Waals surface area contributed by atoms with Gasteiger partial charge in [0.15, 0.2) is 0 Å². The second-order valence-electron chi connectivity index (χ2n) is 3.85. The third-order valence-corrected chi connectivity index (χ3v) is 2.52. The summed E-state index contributed by atoms with van der Waals surface area (Å²) in [6.07, 6.45) is 2.13. The number of ether oxygens (including phenoxy) is 1. The number of hydrogen-bond donors (Lipinski definition) is 2. The normalized spacial score (nSPS) is 13.2. The molecule has 1 rings (SSSR count). The molecule has 0 aliphatic heterocycles. The van der Waals surface area contributed by atoms with Gasteiger partial charge in [0, 0.05) is 0 Å². The largest absolute Gasteiger partial charge is 0.465 e. The highest BCUT2D eigenvalue weighted by Crippen LogP contribution is 2.14. The fourth-order valence-electron chi connectivity index (χ4n) is 1.54. The van der Waals surface area contributed by atoms with E-state index in [9.17, 15) is 9.90 Å². The molecule has 4 nitrogen and oxygen atoms in total. The van der Waals surface area contributed by atoms with E-state index in [0.717, 1.165) is 11.1 Å². The molecule has 1 atom stereocenters. The van der Waals surface area contributed by atoms with E-state index in [4.69, 9.17) is 10.5 Å². The van der Waals surface area contributed by atoms with E-state index < -0.39 is 12.0 Å². The van der Waals surface area contributed by atoms with Gasteiger partial charge in [-0.2, -0.15) is 0 Å². The first kappa shape index (κ1) is 14.4. The van der Waals surface area contributed by atoms with Crippen LogP contribution in [-0.4, -0.2) is 30.3 Å². The van der Waals surface area contributed by atoms with Crippen molar-refractivity contribution < 1.29 is 14.6 Å². The lowest BCUT2D eigenvalue weighted by Gasteiger charge is -2.09. The van der Waals surface area contributed by atoms with Gasteiger partial charge in [-0.05, 0) is 24.5 Å². The molecule has 0 saturated carbocycles. The fourth-order valence-corrected chi connectivity index (χ4v) is 1.54. The number of aliphatic hydroxyl groups excluding tert-OH is 1. The third-order valence-electron chi connectivity index (χ3n) is 2.52. The van der Waals surface area contributed by atoms with Gasteiger partial charge in [0.25, 0.3) is 0 Å². The summed E-state index contributed by atoms with van der Waals surface area (Å²) in [7, 11) is 0. The molecule has 98 valence electrons. The summed E-state index contributed by atoms with van der Waals surface area (Å²) in [5.74, 6) is -0.417. The number of nitrogens with two attached hydrogens (primary N) is 1. The monoisotopic (exact) mass is 249 g/mol. The zero-order chi connectivity index (χ0) is 13.4. The van der Waals surface area contributed by atoms with Crippen molar-refractivity contribution in [3.63, 3.8) is 0 Å². The molecule has 0 saturated heterocycles. The highest BCUT2D eigenvalue weighted by molar-refractivity contribution is 5.76. The van der Waals surface area contributed by atoms with Crippen molar-refractivity contribution in [3.8, 4) is 0 Å². The number of benzene rings is 1. The summed E-state index contributed by atoms with van der Waals surface area (Å²) in [4.78, 5) is 11.3. The van der Waals surface area contributed by atoms with Crippen LogP contribution in [0.4, 0.5) is 0 Å². The van der Waals surface area contributed by atoms with E-state index in [2.05, 4.69) is 0 Å². The number of carbonyl (C=O) groups is 1.